The average molecular weight is 185 g/mol. The highest BCUT2D eigenvalue weighted by molar-refractivity contribution is 5.79. The molecular weight excluding hydrogens is 166 g/mol. The normalized spacial score (nSPS) is 31.2. The van der Waals surface area contributed by atoms with Crippen molar-refractivity contribution in [2.24, 2.45) is 11.5 Å². The topological polar surface area (TPSA) is 81.1 Å². The van der Waals surface area contributed by atoms with Crippen molar-refractivity contribution in [1.29, 1.82) is 0 Å². The number of primary amides is 1. The van der Waals surface area contributed by atoms with Gasteiger partial charge in [-0.1, -0.05) is 6.42 Å². The van der Waals surface area contributed by atoms with Gasteiger partial charge in [0.05, 0.1) is 6.04 Å². The fourth-order valence-electron chi connectivity index (χ4n) is 1.81. The maximum absolute atomic E-state index is 10.8. The van der Waals surface area contributed by atoms with Crippen LogP contribution >= 0.6 is 0 Å². The molecule has 0 aromatic carbocycles. The van der Waals surface area contributed by atoms with Crippen LogP contribution in [0.5, 0.6) is 0 Å². The number of hydrogen-bond acceptors (Lipinski definition) is 3. The zero-order valence-electron chi connectivity index (χ0n) is 8.12. The van der Waals surface area contributed by atoms with E-state index < -0.39 is 0 Å². The van der Waals surface area contributed by atoms with Gasteiger partial charge in [0.2, 0.25) is 5.91 Å². The molecule has 1 fully saturated rings. The van der Waals surface area contributed by atoms with Gasteiger partial charge in [-0.25, -0.2) is 0 Å². The maximum Gasteiger partial charge on any atom is 0.234 e. The zero-order valence-corrected chi connectivity index (χ0v) is 8.12. The Hall–Kier alpha value is -0.610. The fraction of sp³-hybridized carbons (Fsp3) is 0.889. The summed E-state index contributed by atoms with van der Waals surface area (Å²) in [7, 11) is 0. The van der Waals surface area contributed by atoms with E-state index in [1.165, 1.54) is 0 Å². The van der Waals surface area contributed by atoms with Crippen molar-refractivity contribution < 1.29 is 4.79 Å². The number of hydrogen-bond donors (Lipinski definition) is 3. The highest BCUT2D eigenvalue weighted by atomic mass is 16.1. The van der Waals surface area contributed by atoms with E-state index in [-0.39, 0.29) is 18.0 Å². The minimum absolute atomic E-state index is 0.240. The second kappa shape index (κ2) is 4.58. The van der Waals surface area contributed by atoms with Gasteiger partial charge < -0.3 is 16.8 Å². The van der Waals surface area contributed by atoms with Crippen LogP contribution in [0, 0.1) is 0 Å². The Labute approximate surface area is 79.0 Å². The van der Waals surface area contributed by atoms with E-state index in [4.69, 9.17) is 11.5 Å². The van der Waals surface area contributed by atoms with Crippen molar-refractivity contribution in [1.82, 2.24) is 5.32 Å². The third-order valence-corrected chi connectivity index (χ3v) is 2.63. The highest BCUT2D eigenvalue weighted by Gasteiger charge is 2.21. The van der Waals surface area contributed by atoms with Crippen molar-refractivity contribution in [3.8, 4) is 0 Å². The minimum atomic E-state index is -0.292. The molecule has 76 valence electrons. The summed E-state index contributed by atoms with van der Waals surface area (Å²) in [6, 6.07) is 0.410. The van der Waals surface area contributed by atoms with E-state index >= 15 is 0 Å². The van der Waals surface area contributed by atoms with Gasteiger partial charge in [0.15, 0.2) is 0 Å². The molecule has 3 atom stereocenters. The maximum atomic E-state index is 10.8. The van der Waals surface area contributed by atoms with Crippen molar-refractivity contribution in [3.05, 3.63) is 0 Å². The average Bonchev–Trinajstić information content (AvgIpc) is 2.04. The molecule has 4 nitrogen and oxygen atoms in total. The molecule has 4 heteroatoms. The first-order valence-electron chi connectivity index (χ1n) is 4.90. The SMILES string of the molecule is CC(NC1CCCC(N)C1)C(N)=O. The first kappa shape index (κ1) is 10.5. The van der Waals surface area contributed by atoms with Gasteiger partial charge >= 0.3 is 0 Å². The Morgan fingerprint density at radius 2 is 2.23 bits per heavy atom. The lowest BCUT2D eigenvalue weighted by molar-refractivity contribution is -0.119. The van der Waals surface area contributed by atoms with Crippen LogP contribution in [-0.2, 0) is 4.79 Å². The summed E-state index contributed by atoms with van der Waals surface area (Å²) in [6.07, 6.45) is 4.30. The lowest BCUT2D eigenvalue weighted by Crippen LogP contribution is -2.48. The molecule has 1 aliphatic carbocycles. The van der Waals surface area contributed by atoms with Crippen molar-refractivity contribution in [2.45, 2.75) is 50.7 Å². The molecular formula is C9H19N3O. The van der Waals surface area contributed by atoms with Crippen molar-refractivity contribution in [3.63, 3.8) is 0 Å². The molecule has 1 rings (SSSR count). The van der Waals surface area contributed by atoms with Gasteiger partial charge in [-0.15, -0.1) is 0 Å². The van der Waals surface area contributed by atoms with Gasteiger partial charge in [-0.3, -0.25) is 4.79 Å². The van der Waals surface area contributed by atoms with Crippen LogP contribution in [-0.4, -0.2) is 24.0 Å². The third kappa shape index (κ3) is 3.32. The van der Waals surface area contributed by atoms with E-state index in [1.807, 2.05) is 0 Å². The molecule has 5 N–H and O–H groups in total. The predicted molar refractivity (Wildman–Crippen MR) is 52.0 cm³/mol. The van der Waals surface area contributed by atoms with Gasteiger partial charge in [-0.2, -0.15) is 0 Å². The van der Waals surface area contributed by atoms with Crippen LogP contribution in [0.1, 0.15) is 32.6 Å². The number of rotatable bonds is 3. The van der Waals surface area contributed by atoms with Crippen LogP contribution in [0.15, 0.2) is 0 Å². The third-order valence-electron chi connectivity index (χ3n) is 2.63. The minimum Gasteiger partial charge on any atom is -0.368 e. The molecule has 1 saturated carbocycles. The van der Waals surface area contributed by atoms with Crippen LogP contribution in [0.3, 0.4) is 0 Å². The second-order valence-corrected chi connectivity index (χ2v) is 3.91. The van der Waals surface area contributed by atoms with Gasteiger partial charge in [0, 0.05) is 12.1 Å². The Balaban J connectivity index is 2.31. The number of carbonyl (C=O) groups excluding carboxylic acids is 1. The summed E-state index contributed by atoms with van der Waals surface area (Å²) in [5.41, 5.74) is 11.0. The number of nitrogens with one attached hydrogen (secondary N) is 1. The van der Waals surface area contributed by atoms with E-state index in [9.17, 15) is 4.79 Å². The van der Waals surface area contributed by atoms with Crippen LogP contribution < -0.4 is 16.8 Å². The number of carbonyl (C=O) groups is 1. The molecule has 1 amide bonds. The van der Waals surface area contributed by atoms with Gasteiger partial charge in [0.25, 0.3) is 0 Å². The molecule has 0 aromatic heterocycles. The van der Waals surface area contributed by atoms with E-state index in [0.29, 0.717) is 6.04 Å². The molecule has 1 aliphatic rings. The molecule has 3 unspecified atom stereocenters. The van der Waals surface area contributed by atoms with Crippen LogP contribution in [0.4, 0.5) is 0 Å². The predicted octanol–water partition coefficient (Wildman–Crippen LogP) is -0.280. The molecule has 0 radical (unpaired) electrons. The molecule has 13 heavy (non-hydrogen) atoms. The highest BCUT2D eigenvalue weighted by Crippen LogP contribution is 2.17. The van der Waals surface area contributed by atoms with Gasteiger partial charge in [0.1, 0.15) is 0 Å². The van der Waals surface area contributed by atoms with E-state index in [2.05, 4.69) is 5.32 Å². The Morgan fingerprint density at radius 3 is 2.77 bits per heavy atom. The lowest BCUT2D eigenvalue weighted by atomic mass is 9.91. The summed E-state index contributed by atoms with van der Waals surface area (Å²) in [6.45, 7) is 1.79. The summed E-state index contributed by atoms with van der Waals surface area (Å²) in [5, 5.41) is 3.19. The van der Waals surface area contributed by atoms with E-state index in [0.717, 1.165) is 25.7 Å². The largest absolute Gasteiger partial charge is 0.368 e. The molecule has 0 heterocycles. The summed E-state index contributed by atoms with van der Waals surface area (Å²) in [4.78, 5) is 10.8. The molecule has 0 aromatic rings. The summed E-state index contributed by atoms with van der Waals surface area (Å²) < 4.78 is 0. The first-order valence-corrected chi connectivity index (χ1v) is 4.90. The first-order chi connectivity index (χ1) is 6.09. The molecule has 0 aliphatic heterocycles. The van der Waals surface area contributed by atoms with E-state index in [1.54, 1.807) is 6.92 Å². The quantitative estimate of drug-likeness (QED) is 0.565. The molecule has 0 spiro atoms. The zero-order chi connectivity index (χ0) is 9.84. The van der Waals surface area contributed by atoms with Crippen LogP contribution in [0.25, 0.3) is 0 Å². The molecule has 0 saturated heterocycles. The number of amides is 1. The Kier molecular flexibility index (Phi) is 3.69. The number of nitrogens with two attached hydrogens (primary N) is 2. The lowest BCUT2D eigenvalue weighted by Gasteiger charge is -2.29. The van der Waals surface area contributed by atoms with Crippen LogP contribution in [0.2, 0.25) is 0 Å². The van der Waals surface area contributed by atoms with Crippen molar-refractivity contribution in [2.75, 3.05) is 0 Å². The Bertz CT molecular complexity index is 184. The standard InChI is InChI=1S/C9H19N3O/c1-6(9(11)13)12-8-4-2-3-7(10)5-8/h6-8,12H,2-5,10H2,1H3,(H2,11,13). The summed E-state index contributed by atoms with van der Waals surface area (Å²) >= 11 is 0. The van der Waals surface area contributed by atoms with Gasteiger partial charge in [-0.05, 0) is 26.2 Å². The second-order valence-electron chi connectivity index (χ2n) is 3.91. The monoisotopic (exact) mass is 185 g/mol. The molecule has 0 bridgehead atoms. The fourth-order valence-corrected chi connectivity index (χ4v) is 1.81. The summed E-state index contributed by atoms with van der Waals surface area (Å²) in [5.74, 6) is -0.292. The smallest absolute Gasteiger partial charge is 0.234 e. The Morgan fingerprint density at radius 1 is 1.54 bits per heavy atom. The van der Waals surface area contributed by atoms with Crippen molar-refractivity contribution >= 4 is 5.91 Å².